The Hall–Kier alpha value is -3.15. The molecule has 0 atom stereocenters. The van der Waals surface area contributed by atoms with Gasteiger partial charge >= 0.3 is 0 Å². The van der Waals surface area contributed by atoms with Gasteiger partial charge in [0.2, 0.25) is 0 Å². The molecule has 0 aliphatic heterocycles. The molecule has 0 saturated carbocycles. The summed E-state index contributed by atoms with van der Waals surface area (Å²) in [5.74, 6) is 1.68. The second-order valence-corrected chi connectivity index (χ2v) is 8.59. The number of nitrogens with one attached hydrogen (secondary N) is 1. The van der Waals surface area contributed by atoms with E-state index in [9.17, 15) is 0 Å². The molecule has 0 saturated heterocycles. The predicted molar refractivity (Wildman–Crippen MR) is 126 cm³/mol. The van der Waals surface area contributed by atoms with Gasteiger partial charge in [0.1, 0.15) is 17.3 Å². The maximum Gasteiger partial charge on any atom is 0.157 e. The van der Waals surface area contributed by atoms with E-state index in [4.69, 9.17) is 9.72 Å². The maximum atomic E-state index is 5.81. The highest BCUT2D eigenvalue weighted by molar-refractivity contribution is 6.23. The molecule has 0 amide bonds. The highest BCUT2D eigenvalue weighted by Gasteiger charge is 2.22. The number of nitrogens with zero attached hydrogens (tertiary/aromatic N) is 4. The summed E-state index contributed by atoms with van der Waals surface area (Å²) in [5.41, 5.74) is 6.83. The van der Waals surface area contributed by atoms with E-state index < -0.39 is 0 Å². The van der Waals surface area contributed by atoms with E-state index in [0.29, 0.717) is 0 Å². The molecular weight excluding hydrogens is 374 g/mol. The molecule has 0 unspecified atom stereocenters. The highest BCUT2D eigenvalue weighted by atomic mass is 16.5. The van der Waals surface area contributed by atoms with Crippen LogP contribution < -0.4 is 10.1 Å². The Kier molecular flexibility index (Phi) is 5.97. The number of hydrogen-bond acceptors (Lipinski definition) is 5. The van der Waals surface area contributed by atoms with Gasteiger partial charge in [0.05, 0.1) is 13.3 Å². The van der Waals surface area contributed by atoms with Crippen LogP contribution in [0.4, 0.5) is 5.82 Å². The number of aliphatic imine (C=N–C) groups is 1. The summed E-state index contributed by atoms with van der Waals surface area (Å²) < 4.78 is 7.83. The van der Waals surface area contributed by atoms with Crippen molar-refractivity contribution in [3.8, 4) is 17.0 Å². The second-order valence-electron chi connectivity index (χ2n) is 8.59. The first-order valence-corrected chi connectivity index (χ1v) is 10.1. The van der Waals surface area contributed by atoms with Crippen LogP contribution in [0.25, 0.3) is 22.5 Å². The number of imidazole rings is 1. The lowest BCUT2D eigenvalue weighted by molar-refractivity contribution is 0.416. The summed E-state index contributed by atoms with van der Waals surface area (Å²) >= 11 is 0. The fraction of sp³-hybridized carbons (Fsp3) is 0.375. The van der Waals surface area contributed by atoms with Crippen molar-refractivity contribution in [3.63, 3.8) is 0 Å². The van der Waals surface area contributed by atoms with Crippen molar-refractivity contribution in [3.05, 3.63) is 47.9 Å². The van der Waals surface area contributed by atoms with Crippen LogP contribution in [0.5, 0.6) is 5.75 Å². The van der Waals surface area contributed by atoms with Crippen LogP contribution in [-0.4, -0.2) is 39.8 Å². The van der Waals surface area contributed by atoms with Crippen molar-refractivity contribution in [2.24, 2.45) is 4.99 Å². The molecule has 6 heteroatoms. The number of rotatable bonds is 5. The Morgan fingerprint density at radius 2 is 1.90 bits per heavy atom. The molecule has 3 rings (SSSR count). The number of benzene rings is 1. The minimum Gasteiger partial charge on any atom is -0.496 e. The van der Waals surface area contributed by atoms with E-state index in [1.165, 1.54) is 5.57 Å². The molecule has 2 aromatic heterocycles. The third kappa shape index (κ3) is 4.22. The van der Waals surface area contributed by atoms with Crippen LogP contribution in [0.1, 0.15) is 47.1 Å². The molecule has 2 heterocycles. The summed E-state index contributed by atoms with van der Waals surface area (Å²) in [6, 6.07) is 6.25. The van der Waals surface area contributed by atoms with Crippen LogP contribution in [0, 0.1) is 0 Å². The summed E-state index contributed by atoms with van der Waals surface area (Å²) in [6.45, 7) is 12.6. The number of hydrogen-bond donors (Lipinski definition) is 1. The van der Waals surface area contributed by atoms with Crippen LogP contribution in [0.15, 0.2) is 47.4 Å². The lowest BCUT2D eigenvalue weighted by atomic mass is 9.95. The molecule has 6 nitrogen and oxygen atoms in total. The molecule has 0 bridgehead atoms. The van der Waals surface area contributed by atoms with Gasteiger partial charge in [-0.3, -0.25) is 14.4 Å². The highest BCUT2D eigenvalue weighted by Crippen LogP contribution is 2.38. The van der Waals surface area contributed by atoms with Gasteiger partial charge in [-0.05, 0) is 59.2 Å². The Labute approximate surface area is 178 Å². The fourth-order valence-corrected chi connectivity index (χ4v) is 3.58. The van der Waals surface area contributed by atoms with Gasteiger partial charge in [0, 0.05) is 41.8 Å². The van der Waals surface area contributed by atoms with E-state index in [0.717, 1.165) is 45.3 Å². The zero-order chi connectivity index (χ0) is 22.1. The lowest BCUT2D eigenvalue weighted by Gasteiger charge is -2.23. The topological polar surface area (TPSA) is 63.8 Å². The minimum absolute atomic E-state index is 0.134. The van der Waals surface area contributed by atoms with Gasteiger partial charge in [0.25, 0.3) is 0 Å². The minimum atomic E-state index is -0.134. The maximum absolute atomic E-state index is 5.81. The zero-order valence-electron chi connectivity index (χ0n) is 19.2. The normalized spacial score (nSPS) is 12.2. The van der Waals surface area contributed by atoms with Crippen molar-refractivity contribution in [2.75, 3.05) is 19.5 Å². The number of methoxy groups -OCH3 is 1. The van der Waals surface area contributed by atoms with Crippen LogP contribution in [0.3, 0.4) is 0 Å². The number of anilines is 1. The van der Waals surface area contributed by atoms with E-state index in [2.05, 4.69) is 68.1 Å². The van der Waals surface area contributed by atoms with Gasteiger partial charge < -0.3 is 10.1 Å². The van der Waals surface area contributed by atoms with E-state index in [1.54, 1.807) is 19.5 Å². The predicted octanol–water partition coefficient (Wildman–Crippen LogP) is 5.50. The molecule has 1 aromatic carbocycles. The largest absolute Gasteiger partial charge is 0.496 e. The van der Waals surface area contributed by atoms with Gasteiger partial charge in [-0.25, -0.2) is 4.98 Å². The van der Waals surface area contributed by atoms with Gasteiger partial charge in [-0.2, -0.15) is 0 Å². The lowest BCUT2D eigenvalue weighted by Crippen LogP contribution is -2.27. The smallest absolute Gasteiger partial charge is 0.157 e. The third-order valence-electron chi connectivity index (χ3n) is 4.87. The molecule has 0 radical (unpaired) electrons. The van der Waals surface area contributed by atoms with E-state index in [-0.39, 0.29) is 5.54 Å². The first-order valence-electron chi connectivity index (χ1n) is 10.1. The Bertz CT molecular complexity index is 1130. The molecular formula is C24H31N5O. The molecule has 0 aliphatic carbocycles. The van der Waals surface area contributed by atoms with Crippen molar-refractivity contribution < 1.29 is 4.74 Å². The number of aromatic nitrogens is 3. The molecule has 1 N–H and O–H groups in total. The molecule has 0 spiro atoms. The molecule has 3 aromatic rings. The van der Waals surface area contributed by atoms with Crippen molar-refractivity contribution in [2.45, 2.75) is 47.1 Å². The Morgan fingerprint density at radius 3 is 2.50 bits per heavy atom. The fourth-order valence-electron chi connectivity index (χ4n) is 3.58. The van der Waals surface area contributed by atoms with Crippen LogP contribution in [-0.2, 0) is 0 Å². The van der Waals surface area contributed by atoms with Crippen LogP contribution >= 0.6 is 0 Å². The standard InChI is InChI=1S/C24H31N5O/c1-15(2)21(16(3)25-7)17-9-10-18(19(13-17)30-8)22-23(28-24(4,5)6)29-12-11-26-14-20(29)27-22/h9-14,28H,1-8H3/b25-16-. The van der Waals surface area contributed by atoms with Crippen molar-refractivity contribution in [1.29, 1.82) is 0 Å². The number of allylic oxidation sites excluding steroid dienone is 2. The van der Waals surface area contributed by atoms with E-state index in [1.807, 2.05) is 24.6 Å². The summed E-state index contributed by atoms with van der Waals surface area (Å²) in [4.78, 5) is 13.5. The first kappa shape index (κ1) is 21.6. The molecule has 158 valence electrons. The quantitative estimate of drug-likeness (QED) is 0.569. The van der Waals surface area contributed by atoms with E-state index >= 15 is 0 Å². The van der Waals surface area contributed by atoms with Crippen molar-refractivity contribution >= 4 is 22.7 Å². The summed E-state index contributed by atoms with van der Waals surface area (Å²) in [7, 11) is 3.51. The zero-order valence-corrected chi connectivity index (χ0v) is 19.2. The Morgan fingerprint density at radius 1 is 1.17 bits per heavy atom. The second kappa shape index (κ2) is 8.30. The molecule has 30 heavy (non-hydrogen) atoms. The molecule has 0 fully saturated rings. The summed E-state index contributed by atoms with van der Waals surface area (Å²) in [6.07, 6.45) is 5.45. The first-order chi connectivity index (χ1) is 14.2. The number of ether oxygens (including phenoxy) is 1. The van der Waals surface area contributed by atoms with Gasteiger partial charge in [-0.1, -0.05) is 11.6 Å². The third-order valence-corrected chi connectivity index (χ3v) is 4.87. The average Bonchev–Trinajstić information content (AvgIpc) is 3.04. The Balaban J connectivity index is 2.23. The SMILES string of the molecule is C/N=C(/C)C(=C(C)C)c1ccc(-c2nc3cnccn3c2NC(C)(C)C)c(OC)c1. The van der Waals surface area contributed by atoms with Gasteiger partial charge in [0.15, 0.2) is 5.65 Å². The monoisotopic (exact) mass is 405 g/mol. The van der Waals surface area contributed by atoms with Gasteiger partial charge in [-0.15, -0.1) is 0 Å². The van der Waals surface area contributed by atoms with Crippen LogP contribution in [0.2, 0.25) is 0 Å². The average molecular weight is 406 g/mol. The van der Waals surface area contributed by atoms with Crippen molar-refractivity contribution in [1.82, 2.24) is 14.4 Å². The summed E-state index contributed by atoms with van der Waals surface area (Å²) in [5, 5.41) is 3.59. The molecule has 0 aliphatic rings. The number of fused-ring (bicyclic) bond motifs is 1.